The number of hydrogen-bond donors (Lipinski definition) is 0. The molecule has 0 aliphatic heterocycles. The molecule has 0 spiro atoms. The number of hydrogen-bond acceptors (Lipinski definition) is 1. The Hall–Kier alpha value is -1.31. The molecule has 0 fully saturated rings. The Morgan fingerprint density at radius 3 is 2.35 bits per heavy atom. The van der Waals surface area contributed by atoms with E-state index >= 15 is 0 Å². The third kappa shape index (κ3) is 3.41. The van der Waals surface area contributed by atoms with Crippen molar-refractivity contribution in [1.29, 1.82) is 0 Å². The molecule has 3 heteroatoms. The zero-order chi connectivity index (χ0) is 14.7. The molecule has 0 amide bonds. The van der Waals surface area contributed by atoms with Crippen molar-refractivity contribution in [3.05, 3.63) is 68.7 Å². The Balaban J connectivity index is 2.29. The van der Waals surface area contributed by atoms with E-state index in [0.29, 0.717) is 10.0 Å². The Morgan fingerprint density at radius 2 is 1.70 bits per heavy atom. The van der Waals surface area contributed by atoms with Crippen LogP contribution < -0.4 is 0 Å². The molecule has 0 N–H and O–H groups in total. The maximum atomic E-state index is 6.20. The first kappa shape index (κ1) is 15.1. The lowest BCUT2D eigenvalue weighted by Crippen LogP contribution is -1.95. The van der Waals surface area contributed by atoms with Crippen LogP contribution in [0.1, 0.15) is 35.2 Å². The lowest BCUT2D eigenvalue weighted by atomic mass is 10.1. The van der Waals surface area contributed by atoms with Gasteiger partial charge in [0.15, 0.2) is 0 Å². The summed E-state index contributed by atoms with van der Waals surface area (Å²) in [6, 6.07) is 11.8. The van der Waals surface area contributed by atoms with Gasteiger partial charge in [0.25, 0.3) is 0 Å². The van der Waals surface area contributed by atoms with Crippen molar-refractivity contribution in [2.45, 2.75) is 26.8 Å². The predicted octanol–water partition coefficient (Wildman–Crippen LogP) is 5.79. The van der Waals surface area contributed by atoms with Crippen molar-refractivity contribution < 1.29 is 0 Å². The quantitative estimate of drug-likeness (QED) is 0.636. The van der Waals surface area contributed by atoms with Gasteiger partial charge in [-0.3, -0.25) is 4.99 Å². The normalized spacial score (nSPS) is 12.8. The van der Waals surface area contributed by atoms with Crippen molar-refractivity contribution >= 4 is 29.4 Å². The van der Waals surface area contributed by atoms with Gasteiger partial charge < -0.3 is 0 Å². The molecule has 1 nitrogen and oxygen atoms in total. The second-order valence-electron chi connectivity index (χ2n) is 4.95. The highest BCUT2D eigenvalue weighted by Crippen LogP contribution is 2.32. The Kier molecular flexibility index (Phi) is 4.85. The lowest BCUT2D eigenvalue weighted by molar-refractivity contribution is 0.825. The van der Waals surface area contributed by atoms with E-state index in [1.54, 1.807) is 0 Å². The maximum absolute atomic E-state index is 6.20. The van der Waals surface area contributed by atoms with Crippen LogP contribution in [0.3, 0.4) is 0 Å². The van der Waals surface area contributed by atoms with Gasteiger partial charge in [-0.25, -0.2) is 0 Å². The zero-order valence-electron chi connectivity index (χ0n) is 11.8. The SMILES string of the molecule is Cc1ccc(C)c(/C=N\C(C)c2c(Cl)cccc2Cl)c1. The molecule has 2 rings (SSSR count). The first-order chi connectivity index (χ1) is 9.49. The van der Waals surface area contributed by atoms with E-state index in [1.807, 2.05) is 31.3 Å². The van der Waals surface area contributed by atoms with Gasteiger partial charge in [-0.1, -0.05) is 53.0 Å². The standard InChI is InChI=1S/C17H17Cl2N/c1-11-7-8-12(2)14(9-11)10-20-13(3)17-15(18)5-4-6-16(17)19/h4-10,13H,1-3H3/b20-10-. The summed E-state index contributed by atoms with van der Waals surface area (Å²) in [6.07, 6.45) is 1.90. The van der Waals surface area contributed by atoms with E-state index in [0.717, 1.165) is 11.1 Å². The van der Waals surface area contributed by atoms with Crippen molar-refractivity contribution in [1.82, 2.24) is 0 Å². The third-order valence-corrected chi connectivity index (χ3v) is 3.95. The molecule has 1 unspecified atom stereocenters. The topological polar surface area (TPSA) is 12.4 Å². The van der Waals surface area contributed by atoms with Gasteiger partial charge in [0, 0.05) is 21.8 Å². The molecule has 0 saturated heterocycles. The molecule has 104 valence electrons. The highest BCUT2D eigenvalue weighted by Gasteiger charge is 2.11. The van der Waals surface area contributed by atoms with E-state index in [9.17, 15) is 0 Å². The van der Waals surface area contributed by atoms with Gasteiger partial charge in [-0.15, -0.1) is 0 Å². The van der Waals surface area contributed by atoms with Crippen LogP contribution in [0.2, 0.25) is 10.0 Å². The molecular weight excluding hydrogens is 289 g/mol. The molecule has 0 aliphatic carbocycles. The molecular formula is C17H17Cl2N. The number of halogens is 2. The maximum Gasteiger partial charge on any atom is 0.0750 e. The monoisotopic (exact) mass is 305 g/mol. The van der Waals surface area contributed by atoms with Crippen LogP contribution in [-0.4, -0.2) is 6.21 Å². The number of aryl methyl sites for hydroxylation is 2. The fraction of sp³-hybridized carbons (Fsp3) is 0.235. The zero-order valence-corrected chi connectivity index (χ0v) is 13.3. The van der Waals surface area contributed by atoms with Crippen molar-refractivity contribution in [3.8, 4) is 0 Å². The molecule has 0 saturated carbocycles. The van der Waals surface area contributed by atoms with Crippen molar-refractivity contribution in [2.75, 3.05) is 0 Å². The molecule has 2 aromatic rings. The highest BCUT2D eigenvalue weighted by molar-refractivity contribution is 6.36. The van der Waals surface area contributed by atoms with Gasteiger partial charge in [-0.2, -0.15) is 0 Å². The minimum atomic E-state index is -0.0730. The summed E-state index contributed by atoms with van der Waals surface area (Å²) in [7, 11) is 0. The fourth-order valence-electron chi connectivity index (χ4n) is 2.08. The largest absolute Gasteiger partial charge is 0.285 e. The Morgan fingerprint density at radius 1 is 1.05 bits per heavy atom. The average molecular weight is 306 g/mol. The van der Waals surface area contributed by atoms with Crippen molar-refractivity contribution in [2.24, 2.45) is 4.99 Å². The summed E-state index contributed by atoms with van der Waals surface area (Å²) in [5.41, 5.74) is 4.43. The van der Waals surface area contributed by atoms with E-state index in [4.69, 9.17) is 23.2 Å². The van der Waals surface area contributed by atoms with Crippen LogP contribution in [0.4, 0.5) is 0 Å². The summed E-state index contributed by atoms with van der Waals surface area (Å²) >= 11 is 12.4. The summed E-state index contributed by atoms with van der Waals surface area (Å²) in [6.45, 7) is 6.15. The number of benzene rings is 2. The molecule has 0 aromatic heterocycles. The fourth-order valence-corrected chi connectivity index (χ4v) is 2.79. The minimum absolute atomic E-state index is 0.0730. The highest BCUT2D eigenvalue weighted by atomic mass is 35.5. The summed E-state index contributed by atoms with van der Waals surface area (Å²) in [4.78, 5) is 4.59. The first-order valence-corrected chi connectivity index (χ1v) is 7.29. The van der Waals surface area contributed by atoms with Gasteiger partial charge in [0.2, 0.25) is 0 Å². The molecule has 0 bridgehead atoms. The summed E-state index contributed by atoms with van der Waals surface area (Å²) in [5, 5.41) is 1.31. The predicted molar refractivity (Wildman–Crippen MR) is 88.4 cm³/mol. The lowest BCUT2D eigenvalue weighted by Gasteiger charge is -2.11. The van der Waals surface area contributed by atoms with E-state index in [2.05, 4.69) is 37.0 Å². The summed E-state index contributed by atoms with van der Waals surface area (Å²) in [5.74, 6) is 0. The number of aliphatic imine (C=N–C) groups is 1. The van der Waals surface area contributed by atoms with Gasteiger partial charge in [0.05, 0.1) is 6.04 Å². The van der Waals surface area contributed by atoms with Crippen LogP contribution in [-0.2, 0) is 0 Å². The second kappa shape index (κ2) is 6.43. The Labute approximate surface area is 130 Å². The Bertz CT molecular complexity index is 627. The molecule has 0 heterocycles. The van der Waals surface area contributed by atoms with E-state index < -0.39 is 0 Å². The average Bonchev–Trinajstić information content (AvgIpc) is 2.39. The van der Waals surface area contributed by atoms with Crippen LogP contribution in [0.15, 0.2) is 41.4 Å². The molecule has 0 radical (unpaired) electrons. The summed E-state index contributed by atoms with van der Waals surface area (Å²) < 4.78 is 0. The third-order valence-electron chi connectivity index (χ3n) is 3.29. The molecule has 1 atom stereocenters. The van der Waals surface area contributed by atoms with Crippen molar-refractivity contribution in [3.63, 3.8) is 0 Å². The van der Waals surface area contributed by atoms with Gasteiger partial charge in [0.1, 0.15) is 0 Å². The van der Waals surface area contributed by atoms with E-state index in [1.165, 1.54) is 11.1 Å². The number of nitrogens with zero attached hydrogens (tertiary/aromatic N) is 1. The first-order valence-electron chi connectivity index (χ1n) is 6.53. The van der Waals surface area contributed by atoms with Crippen LogP contribution >= 0.6 is 23.2 Å². The molecule has 0 aliphatic rings. The van der Waals surface area contributed by atoms with E-state index in [-0.39, 0.29) is 6.04 Å². The number of rotatable bonds is 3. The molecule has 2 aromatic carbocycles. The van der Waals surface area contributed by atoms with Crippen LogP contribution in [0, 0.1) is 13.8 Å². The van der Waals surface area contributed by atoms with Gasteiger partial charge >= 0.3 is 0 Å². The van der Waals surface area contributed by atoms with Crippen LogP contribution in [0.5, 0.6) is 0 Å². The van der Waals surface area contributed by atoms with Gasteiger partial charge in [-0.05, 0) is 44.0 Å². The smallest absolute Gasteiger partial charge is 0.0750 e. The minimum Gasteiger partial charge on any atom is -0.285 e. The second-order valence-corrected chi connectivity index (χ2v) is 5.76. The molecule has 20 heavy (non-hydrogen) atoms. The van der Waals surface area contributed by atoms with Crippen LogP contribution in [0.25, 0.3) is 0 Å².